The van der Waals surface area contributed by atoms with E-state index < -0.39 is 0 Å². The molecule has 0 aliphatic heterocycles. The molecule has 0 aliphatic rings. The molecule has 0 fully saturated rings. The van der Waals surface area contributed by atoms with Crippen molar-refractivity contribution in [3.63, 3.8) is 0 Å². The maximum atomic E-state index is 11.7. The van der Waals surface area contributed by atoms with Crippen molar-refractivity contribution < 1.29 is 4.79 Å². The maximum Gasteiger partial charge on any atom is 0.195 e. The molecule has 1 aromatic heterocycles. The fourth-order valence-corrected chi connectivity index (χ4v) is 2.12. The average molecular weight is 249 g/mol. The number of benzene rings is 1. The molecule has 0 spiro atoms. The van der Waals surface area contributed by atoms with Crippen molar-refractivity contribution >= 4 is 34.8 Å². The molecule has 0 saturated carbocycles. The fraction of sp³-hybridized carbons (Fsp3) is 0. The first-order chi connectivity index (χ1) is 7.77. The van der Waals surface area contributed by atoms with Crippen molar-refractivity contribution in [2.45, 2.75) is 0 Å². The Balaban J connectivity index is 2.16. The SMILES string of the molecule is O=C(/C=C/c1ccccc1Cl)c1cccs1. The van der Waals surface area contributed by atoms with Crippen molar-refractivity contribution in [3.05, 3.63) is 63.3 Å². The second-order valence-corrected chi connectivity index (χ2v) is 4.55. The Morgan fingerprint density at radius 3 is 2.69 bits per heavy atom. The molecule has 0 N–H and O–H groups in total. The summed E-state index contributed by atoms with van der Waals surface area (Å²) >= 11 is 7.41. The average Bonchev–Trinajstić information content (AvgIpc) is 2.81. The second kappa shape index (κ2) is 5.10. The number of allylic oxidation sites excluding steroid dienone is 1. The zero-order chi connectivity index (χ0) is 11.4. The highest BCUT2D eigenvalue weighted by atomic mass is 35.5. The molecule has 0 atom stereocenters. The van der Waals surface area contributed by atoms with Gasteiger partial charge in [-0.05, 0) is 35.2 Å². The summed E-state index contributed by atoms with van der Waals surface area (Å²) in [4.78, 5) is 12.4. The minimum absolute atomic E-state index is 0.00918. The van der Waals surface area contributed by atoms with E-state index in [0.717, 1.165) is 10.4 Å². The van der Waals surface area contributed by atoms with Gasteiger partial charge in [-0.15, -0.1) is 11.3 Å². The van der Waals surface area contributed by atoms with Gasteiger partial charge in [0, 0.05) is 5.02 Å². The van der Waals surface area contributed by atoms with Crippen LogP contribution in [-0.2, 0) is 0 Å². The van der Waals surface area contributed by atoms with Crippen LogP contribution in [0.1, 0.15) is 15.2 Å². The predicted octanol–water partition coefficient (Wildman–Crippen LogP) is 4.30. The number of hydrogen-bond acceptors (Lipinski definition) is 2. The van der Waals surface area contributed by atoms with Crippen LogP contribution in [0.15, 0.2) is 47.9 Å². The van der Waals surface area contributed by atoms with E-state index in [1.807, 2.05) is 35.7 Å². The van der Waals surface area contributed by atoms with Gasteiger partial charge in [0.1, 0.15) is 0 Å². The molecule has 0 radical (unpaired) electrons. The summed E-state index contributed by atoms with van der Waals surface area (Å²) in [6.07, 6.45) is 3.29. The van der Waals surface area contributed by atoms with Crippen LogP contribution < -0.4 is 0 Å². The van der Waals surface area contributed by atoms with Gasteiger partial charge in [0.25, 0.3) is 0 Å². The van der Waals surface area contributed by atoms with E-state index in [4.69, 9.17) is 11.6 Å². The highest BCUT2D eigenvalue weighted by Crippen LogP contribution is 2.17. The predicted molar refractivity (Wildman–Crippen MR) is 69.1 cm³/mol. The normalized spacial score (nSPS) is 10.8. The molecule has 16 heavy (non-hydrogen) atoms. The molecule has 1 nitrogen and oxygen atoms in total. The van der Waals surface area contributed by atoms with Gasteiger partial charge in [0.15, 0.2) is 5.78 Å². The zero-order valence-electron chi connectivity index (χ0n) is 8.39. The van der Waals surface area contributed by atoms with E-state index in [9.17, 15) is 4.79 Å². The van der Waals surface area contributed by atoms with Crippen LogP contribution in [0.25, 0.3) is 6.08 Å². The van der Waals surface area contributed by atoms with E-state index >= 15 is 0 Å². The summed E-state index contributed by atoms with van der Waals surface area (Å²) in [7, 11) is 0. The topological polar surface area (TPSA) is 17.1 Å². The number of carbonyl (C=O) groups is 1. The first-order valence-electron chi connectivity index (χ1n) is 4.78. The van der Waals surface area contributed by atoms with Crippen LogP contribution in [0, 0.1) is 0 Å². The Labute approximate surface area is 103 Å². The Bertz CT molecular complexity index is 514. The van der Waals surface area contributed by atoms with Crippen molar-refractivity contribution in [1.82, 2.24) is 0 Å². The lowest BCUT2D eigenvalue weighted by molar-refractivity contribution is 0.105. The molecule has 0 aliphatic carbocycles. The zero-order valence-corrected chi connectivity index (χ0v) is 9.96. The molecule has 3 heteroatoms. The van der Waals surface area contributed by atoms with Gasteiger partial charge in [-0.25, -0.2) is 0 Å². The summed E-state index contributed by atoms with van der Waals surface area (Å²) in [5.41, 5.74) is 0.856. The monoisotopic (exact) mass is 248 g/mol. The maximum absolute atomic E-state index is 11.7. The van der Waals surface area contributed by atoms with Crippen LogP contribution in [0.2, 0.25) is 5.02 Å². The first kappa shape index (κ1) is 11.1. The number of hydrogen-bond donors (Lipinski definition) is 0. The van der Waals surface area contributed by atoms with Gasteiger partial charge in [-0.3, -0.25) is 4.79 Å². The third kappa shape index (κ3) is 2.60. The molecule has 0 unspecified atom stereocenters. The highest BCUT2D eigenvalue weighted by molar-refractivity contribution is 7.12. The van der Waals surface area contributed by atoms with Gasteiger partial charge in [-0.2, -0.15) is 0 Å². The van der Waals surface area contributed by atoms with Gasteiger partial charge < -0.3 is 0 Å². The third-order valence-electron chi connectivity index (χ3n) is 2.08. The molecule has 0 saturated heterocycles. The second-order valence-electron chi connectivity index (χ2n) is 3.20. The van der Waals surface area contributed by atoms with Crippen LogP contribution in [0.3, 0.4) is 0 Å². The van der Waals surface area contributed by atoms with Crippen molar-refractivity contribution in [1.29, 1.82) is 0 Å². The number of ketones is 1. The number of halogens is 1. The highest BCUT2D eigenvalue weighted by Gasteiger charge is 2.02. The van der Waals surface area contributed by atoms with Gasteiger partial charge in [0.05, 0.1) is 4.88 Å². The van der Waals surface area contributed by atoms with E-state index in [1.54, 1.807) is 18.2 Å². The van der Waals surface area contributed by atoms with E-state index in [1.165, 1.54) is 11.3 Å². The molecule has 2 aromatic rings. The van der Waals surface area contributed by atoms with Gasteiger partial charge >= 0.3 is 0 Å². The number of rotatable bonds is 3. The number of thiophene rings is 1. The quantitative estimate of drug-likeness (QED) is 0.585. The Hall–Kier alpha value is -1.38. The molecule has 1 aromatic carbocycles. The van der Waals surface area contributed by atoms with Crippen molar-refractivity contribution in [2.24, 2.45) is 0 Å². The summed E-state index contributed by atoms with van der Waals surface area (Å²) in [6, 6.07) is 11.1. The Morgan fingerprint density at radius 2 is 2.00 bits per heavy atom. The first-order valence-corrected chi connectivity index (χ1v) is 6.03. The van der Waals surface area contributed by atoms with Crippen LogP contribution in [-0.4, -0.2) is 5.78 Å². The minimum atomic E-state index is 0.00918. The van der Waals surface area contributed by atoms with Crippen LogP contribution in [0.5, 0.6) is 0 Å². The molecular weight excluding hydrogens is 240 g/mol. The van der Waals surface area contributed by atoms with Crippen LogP contribution in [0.4, 0.5) is 0 Å². The molecule has 2 rings (SSSR count). The lowest BCUT2D eigenvalue weighted by Crippen LogP contribution is -1.88. The third-order valence-corrected chi connectivity index (χ3v) is 3.31. The van der Waals surface area contributed by atoms with Gasteiger partial charge in [0.2, 0.25) is 0 Å². The summed E-state index contributed by atoms with van der Waals surface area (Å²) < 4.78 is 0. The summed E-state index contributed by atoms with van der Waals surface area (Å²) in [6.45, 7) is 0. The smallest absolute Gasteiger partial charge is 0.195 e. The molecule has 0 amide bonds. The molecule has 0 bridgehead atoms. The van der Waals surface area contributed by atoms with Gasteiger partial charge in [-0.1, -0.05) is 35.9 Å². The summed E-state index contributed by atoms with van der Waals surface area (Å²) in [5.74, 6) is 0.00918. The Morgan fingerprint density at radius 1 is 1.19 bits per heavy atom. The van der Waals surface area contributed by atoms with Crippen LogP contribution >= 0.6 is 22.9 Å². The number of carbonyl (C=O) groups excluding carboxylic acids is 1. The molecular formula is C13H9ClOS. The van der Waals surface area contributed by atoms with E-state index in [2.05, 4.69) is 0 Å². The van der Waals surface area contributed by atoms with E-state index in [0.29, 0.717) is 5.02 Å². The van der Waals surface area contributed by atoms with Crippen molar-refractivity contribution in [2.75, 3.05) is 0 Å². The molecule has 80 valence electrons. The Kier molecular flexibility index (Phi) is 3.54. The standard InChI is InChI=1S/C13H9ClOS/c14-11-5-2-1-4-10(11)7-8-12(15)13-6-3-9-16-13/h1-9H/b8-7+. The lowest BCUT2D eigenvalue weighted by Gasteiger charge is -1.95. The van der Waals surface area contributed by atoms with E-state index in [-0.39, 0.29) is 5.78 Å². The minimum Gasteiger partial charge on any atom is -0.288 e. The van der Waals surface area contributed by atoms with Crippen molar-refractivity contribution in [3.8, 4) is 0 Å². The fourth-order valence-electron chi connectivity index (χ4n) is 1.28. The molecule has 1 heterocycles. The summed E-state index contributed by atoms with van der Waals surface area (Å²) in [5, 5.41) is 2.54. The lowest BCUT2D eigenvalue weighted by atomic mass is 10.2. The largest absolute Gasteiger partial charge is 0.288 e.